The molecule has 3 aromatic carbocycles. The second-order valence-corrected chi connectivity index (χ2v) is 16.5. The maximum absolute atomic E-state index is 14.8. The number of benzene rings is 3. The van der Waals surface area contributed by atoms with Crippen LogP contribution in [0.4, 0.5) is 16.3 Å². The number of anilines is 2. The summed E-state index contributed by atoms with van der Waals surface area (Å²) in [5.41, 5.74) is 4.29. The Kier molecular flexibility index (Phi) is 12.3. The number of hydrazine groups is 1. The summed E-state index contributed by atoms with van der Waals surface area (Å²) in [5.74, 6) is 0.125. The van der Waals surface area contributed by atoms with Gasteiger partial charge < -0.3 is 35.0 Å². The van der Waals surface area contributed by atoms with Crippen molar-refractivity contribution in [3.05, 3.63) is 132 Å². The van der Waals surface area contributed by atoms with Crippen LogP contribution < -0.4 is 15.5 Å². The summed E-state index contributed by atoms with van der Waals surface area (Å²) in [6.45, 7) is 12.6. The molecule has 3 fully saturated rings. The van der Waals surface area contributed by atoms with Gasteiger partial charge in [-0.1, -0.05) is 66.7 Å². The van der Waals surface area contributed by atoms with E-state index in [1.54, 1.807) is 62.6 Å². The molecular formula is C47H54N10O5. The largest absolute Gasteiger partial charge is 0.508 e. The van der Waals surface area contributed by atoms with Crippen LogP contribution in [0.3, 0.4) is 0 Å². The number of nitrogens with one attached hydrogen (secondary N) is 2. The Bertz CT molecular complexity index is 2430. The molecule has 8 rings (SSSR count). The number of phenols is 1. The normalized spacial score (nSPS) is 18.6. The molecule has 0 saturated carbocycles. The standard InChI is InChI=1S/C47H54N10O5/c1-5-20-55-31-43(59)56-40(25-33-14-17-37(58)18-15-33)46(61)54(30-42(56)57(55)47(62)49-26-34-10-7-6-8-11-34)28-35-12-9-13-38-39(29-51(4)44(35)38)45(60)50-36-16-19-41(48-27-36)53-23-21-52(22-24-53)32(2)3/h5-19,27,29,32,40,42,58H,1,20-26,28,30-31H2,2-4H3,(H,49,62)(H,50,60)/t40-,42?/m0/s1. The maximum atomic E-state index is 14.8. The summed E-state index contributed by atoms with van der Waals surface area (Å²) in [6.07, 6.45) is 4.45. The molecule has 5 aromatic rings. The molecule has 3 saturated heterocycles. The SMILES string of the molecule is C=CCN1CC(=O)N2C(CN(Cc3cccc4c(C(=O)Nc5ccc(N6CCN(C(C)C)CC6)nc5)cn(C)c34)C(=O)[C@@H]2Cc2ccc(O)cc2)N1C(=O)NCc1ccccc1. The highest BCUT2D eigenvalue weighted by Crippen LogP contribution is 2.32. The molecular weight excluding hydrogens is 785 g/mol. The van der Waals surface area contributed by atoms with E-state index in [0.717, 1.165) is 54.2 Å². The van der Waals surface area contributed by atoms with Crippen molar-refractivity contribution in [2.24, 2.45) is 7.05 Å². The lowest BCUT2D eigenvalue weighted by Gasteiger charge is -2.55. The Labute approximate surface area is 361 Å². The molecule has 2 aromatic heterocycles. The van der Waals surface area contributed by atoms with Gasteiger partial charge in [0.15, 0.2) is 0 Å². The number of carbonyl (C=O) groups excluding carboxylic acids is 4. The number of hydrogen-bond acceptors (Lipinski definition) is 9. The summed E-state index contributed by atoms with van der Waals surface area (Å²) in [5, 5.41) is 20.0. The number of urea groups is 1. The van der Waals surface area contributed by atoms with E-state index >= 15 is 0 Å². The van der Waals surface area contributed by atoms with E-state index in [4.69, 9.17) is 0 Å². The average molecular weight is 839 g/mol. The van der Waals surface area contributed by atoms with Crippen molar-refractivity contribution in [3.63, 3.8) is 0 Å². The molecule has 0 radical (unpaired) electrons. The summed E-state index contributed by atoms with van der Waals surface area (Å²) < 4.78 is 1.89. The molecule has 3 aliphatic heterocycles. The van der Waals surface area contributed by atoms with Gasteiger partial charge in [0.1, 0.15) is 23.8 Å². The quantitative estimate of drug-likeness (QED) is 0.151. The zero-order chi connectivity index (χ0) is 43.5. The van der Waals surface area contributed by atoms with Gasteiger partial charge in [0.2, 0.25) is 11.8 Å². The van der Waals surface area contributed by atoms with Crippen LogP contribution in [0.25, 0.3) is 10.9 Å². The topological polar surface area (TPSA) is 150 Å². The van der Waals surface area contributed by atoms with E-state index in [2.05, 4.69) is 45.8 Å². The highest BCUT2D eigenvalue weighted by atomic mass is 16.3. The molecule has 322 valence electrons. The van der Waals surface area contributed by atoms with Crippen molar-refractivity contribution in [2.45, 2.75) is 51.6 Å². The van der Waals surface area contributed by atoms with Crippen LogP contribution in [0.15, 0.2) is 110 Å². The number of aryl methyl sites for hydroxylation is 1. The monoisotopic (exact) mass is 838 g/mol. The number of amides is 5. The van der Waals surface area contributed by atoms with Gasteiger partial charge in [-0.15, -0.1) is 6.58 Å². The smallest absolute Gasteiger partial charge is 0.334 e. The molecule has 3 N–H and O–H groups in total. The number of para-hydroxylation sites is 1. The molecule has 15 nitrogen and oxygen atoms in total. The van der Waals surface area contributed by atoms with Gasteiger partial charge in [-0.25, -0.2) is 19.8 Å². The minimum absolute atomic E-state index is 0.0353. The van der Waals surface area contributed by atoms with Crippen LogP contribution in [0.1, 0.15) is 40.9 Å². The van der Waals surface area contributed by atoms with Gasteiger partial charge in [0, 0.05) is 76.9 Å². The number of piperazine rings is 2. The third kappa shape index (κ3) is 8.72. The van der Waals surface area contributed by atoms with Crippen LogP contribution in [-0.2, 0) is 36.1 Å². The number of rotatable bonds is 12. The van der Waals surface area contributed by atoms with Crippen molar-refractivity contribution in [1.29, 1.82) is 0 Å². The molecule has 5 heterocycles. The third-order valence-corrected chi connectivity index (χ3v) is 12.1. The Morgan fingerprint density at radius 2 is 1.69 bits per heavy atom. The number of aromatic nitrogens is 2. The molecule has 0 spiro atoms. The van der Waals surface area contributed by atoms with Crippen molar-refractivity contribution in [3.8, 4) is 5.75 Å². The molecule has 15 heteroatoms. The Morgan fingerprint density at radius 1 is 0.935 bits per heavy atom. The molecule has 5 amide bonds. The van der Waals surface area contributed by atoms with Gasteiger partial charge in [-0.3, -0.25) is 19.3 Å². The first-order valence-corrected chi connectivity index (χ1v) is 21.2. The van der Waals surface area contributed by atoms with Gasteiger partial charge in [-0.05, 0) is 54.8 Å². The lowest BCUT2D eigenvalue weighted by atomic mass is 9.98. The number of phenolic OH excluding ortho intramolecular Hbond substituents is 1. The van der Waals surface area contributed by atoms with Crippen LogP contribution in [0.5, 0.6) is 5.75 Å². The number of carbonyl (C=O) groups is 4. The number of fused-ring (bicyclic) bond motifs is 2. The first-order chi connectivity index (χ1) is 30.0. The highest BCUT2D eigenvalue weighted by Gasteiger charge is 2.51. The number of hydrogen-bond donors (Lipinski definition) is 3. The summed E-state index contributed by atoms with van der Waals surface area (Å²) >= 11 is 0. The van der Waals surface area contributed by atoms with Gasteiger partial charge in [0.05, 0.1) is 36.1 Å². The number of aromatic hydroxyl groups is 1. The average Bonchev–Trinajstić information content (AvgIpc) is 3.62. The molecule has 0 aliphatic carbocycles. The second-order valence-electron chi connectivity index (χ2n) is 16.5. The van der Waals surface area contributed by atoms with Crippen LogP contribution in [0.2, 0.25) is 0 Å². The van der Waals surface area contributed by atoms with Crippen molar-refractivity contribution in [1.82, 2.24) is 39.6 Å². The Morgan fingerprint density at radius 3 is 2.39 bits per heavy atom. The van der Waals surface area contributed by atoms with E-state index in [-0.39, 0.29) is 62.6 Å². The van der Waals surface area contributed by atoms with Gasteiger partial charge in [0.25, 0.3) is 5.91 Å². The lowest BCUT2D eigenvalue weighted by Crippen LogP contribution is -2.76. The van der Waals surface area contributed by atoms with E-state index in [1.165, 1.54) is 0 Å². The van der Waals surface area contributed by atoms with E-state index < -0.39 is 18.2 Å². The fourth-order valence-electron chi connectivity index (χ4n) is 8.93. The van der Waals surface area contributed by atoms with Gasteiger partial charge in [-0.2, -0.15) is 0 Å². The zero-order valence-corrected chi connectivity index (χ0v) is 35.5. The highest BCUT2D eigenvalue weighted by molar-refractivity contribution is 6.13. The van der Waals surface area contributed by atoms with Crippen LogP contribution in [0, 0.1) is 0 Å². The summed E-state index contributed by atoms with van der Waals surface area (Å²) in [4.78, 5) is 69.6. The lowest BCUT2D eigenvalue weighted by molar-refractivity contribution is -0.189. The summed E-state index contributed by atoms with van der Waals surface area (Å²) in [7, 11) is 1.87. The molecule has 2 atom stereocenters. The maximum Gasteiger partial charge on any atom is 0.334 e. The zero-order valence-electron chi connectivity index (χ0n) is 35.5. The van der Waals surface area contributed by atoms with Crippen molar-refractivity contribution < 1.29 is 24.3 Å². The Hall–Kier alpha value is -6.71. The minimum Gasteiger partial charge on any atom is -0.508 e. The van der Waals surface area contributed by atoms with E-state index in [0.29, 0.717) is 22.7 Å². The molecule has 1 unspecified atom stereocenters. The van der Waals surface area contributed by atoms with Crippen LogP contribution in [-0.4, -0.2) is 127 Å². The number of pyridine rings is 1. The van der Waals surface area contributed by atoms with Gasteiger partial charge >= 0.3 is 6.03 Å². The fraction of sp³-hybridized carbons (Fsp3) is 0.340. The molecule has 62 heavy (non-hydrogen) atoms. The first kappa shape index (κ1) is 42.0. The Balaban J connectivity index is 1.06. The first-order valence-electron chi connectivity index (χ1n) is 21.2. The molecule has 3 aliphatic rings. The van der Waals surface area contributed by atoms with E-state index in [9.17, 15) is 24.3 Å². The second kappa shape index (κ2) is 18.1. The van der Waals surface area contributed by atoms with Crippen LogP contribution >= 0.6 is 0 Å². The van der Waals surface area contributed by atoms with Crippen molar-refractivity contribution in [2.75, 3.05) is 56.0 Å². The minimum atomic E-state index is -0.945. The molecule has 0 bridgehead atoms. The summed E-state index contributed by atoms with van der Waals surface area (Å²) in [6, 6.07) is 24.8. The predicted octanol–water partition coefficient (Wildman–Crippen LogP) is 4.80. The predicted molar refractivity (Wildman–Crippen MR) is 238 cm³/mol. The van der Waals surface area contributed by atoms with Crippen molar-refractivity contribution >= 4 is 46.2 Å². The number of nitrogens with zero attached hydrogens (tertiary/aromatic N) is 8. The third-order valence-electron chi connectivity index (χ3n) is 12.1. The van der Waals surface area contributed by atoms with E-state index in [1.807, 2.05) is 72.3 Å². The fourth-order valence-corrected chi connectivity index (χ4v) is 8.93.